The molecule has 0 aromatic rings. The van der Waals surface area contributed by atoms with Gasteiger partial charge in [-0.2, -0.15) is 0 Å². The van der Waals surface area contributed by atoms with Crippen molar-refractivity contribution >= 4 is 6.09 Å². The third-order valence-corrected chi connectivity index (χ3v) is 3.50. The minimum absolute atomic E-state index is 0.0418. The normalized spacial score (nSPS) is 31.6. The molecule has 0 radical (unpaired) electrons. The molecule has 0 spiro atoms. The zero-order valence-electron chi connectivity index (χ0n) is 11.4. The first kappa shape index (κ1) is 13.6. The predicted molar refractivity (Wildman–Crippen MR) is 66.3 cm³/mol. The van der Waals surface area contributed by atoms with Crippen molar-refractivity contribution in [3.05, 3.63) is 0 Å². The molecule has 0 aromatic heterocycles. The van der Waals surface area contributed by atoms with Gasteiger partial charge in [-0.1, -0.05) is 0 Å². The molecule has 0 aliphatic carbocycles. The Balaban J connectivity index is 2.08. The van der Waals surface area contributed by atoms with Crippen LogP contribution in [0, 0.1) is 0 Å². The van der Waals surface area contributed by atoms with Crippen LogP contribution in [0.4, 0.5) is 4.79 Å². The lowest BCUT2D eigenvalue weighted by atomic mass is 10.1. The van der Waals surface area contributed by atoms with E-state index in [-0.39, 0.29) is 30.9 Å². The highest BCUT2D eigenvalue weighted by Crippen LogP contribution is 2.35. The zero-order chi connectivity index (χ0) is 13.3. The van der Waals surface area contributed by atoms with Crippen molar-refractivity contribution in [2.24, 2.45) is 0 Å². The third-order valence-electron chi connectivity index (χ3n) is 3.50. The second-order valence-electron chi connectivity index (χ2n) is 6.05. The molecular weight excluding hydrogens is 234 g/mol. The monoisotopic (exact) mass is 257 g/mol. The SMILES string of the molecule is CC(C)(C)OC(=O)N1[C@H](CCO)C[C@@H]2OCC[C@@H]21. The van der Waals surface area contributed by atoms with Crippen molar-refractivity contribution in [2.45, 2.75) is 63.8 Å². The average molecular weight is 257 g/mol. The van der Waals surface area contributed by atoms with E-state index in [0.717, 1.165) is 12.8 Å². The number of ether oxygens (including phenoxy) is 2. The summed E-state index contributed by atoms with van der Waals surface area (Å²) >= 11 is 0. The largest absolute Gasteiger partial charge is 0.444 e. The maximum absolute atomic E-state index is 12.3. The molecule has 2 rings (SSSR count). The number of amides is 1. The maximum Gasteiger partial charge on any atom is 0.410 e. The van der Waals surface area contributed by atoms with Gasteiger partial charge in [-0.3, -0.25) is 4.90 Å². The van der Waals surface area contributed by atoms with Crippen molar-refractivity contribution in [1.29, 1.82) is 0 Å². The first-order valence-electron chi connectivity index (χ1n) is 6.66. The second kappa shape index (κ2) is 5.05. The highest BCUT2D eigenvalue weighted by atomic mass is 16.6. The molecule has 1 amide bonds. The Morgan fingerprint density at radius 1 is 1.50 bits per heavy atom. The number of fused-ring (bicyclic) bond motifs is 1. The summed E-state index contributed by atoms with van der Waals surface area (Å²) in [5.41, 5.74) is -0.488. The van der Waals surface area contributed by atoms with Crippen LogP contribution in [0.5, 0.6) is 0 Å². The van der Waals surface area contributed by atoms with Gasteiger partial charge in [0.25, 0.3) is 0 Å². The van der Waals surface area contributed by atoms with Crippen LogP contribution in [0.2, 0.25) is 0 Å². The zero-order valence-corrected chi connectivity index (χ0v) is 11.4. The van der Waals surface area contributed by atoms with Gasteiger partial charge >= 0.3 is 6.09 Å². The van der Waals surface area contributed by atoms with E-state index < -0.39 is 5.60 Å². The summed E-state index contributed by atoms with van der Waals surface area (Å²) in [4.78, 5) is 14.0. The summed E-state index contributed by atoms with van der Waals surface area (Å²) in [6.45, 7) is 6.39. The van der Waals surface area contributed by atoms with Crippen molar-refractivity contribution in [2.75, 3.05) is 13.2 Å². The number of likely N-dealkylation sites (tertiary alicyclic amines) is 1. The molecule has 0 bridgehead atoms. The Morgan fingerprint density at radius 2 is 2.22 bits per heavy atom. The Morgan fingerprint density at radius 3 is 2.83 bits per heavy atom. The van der Waals surface area contributed by atoms with Crippen LogP contribution in [0.25, 0.3) is 0 Å². The Labute approximate surface area is 108 Å². The summed E-state index contributed by atoms with van der Waals surface area (Å²) in [6.07, 6.45) is 2.11. The van der Waals surface area contributed by atoms with E-state index >= 15 is 0 Å². The first-order valence-corrected chi connectivity index (χ1v) is 6.66. The van der Waals surface area contributed by atoms with E-state index in [2.05, 4.69) is 0 Å². The molecule has 0 unspecified atom stereocenters. The van der Waals surface area contributed by atoms with Gasteiger partial charge in [-0.25, -0.2) is 4.79 Å². The highest BCUT2D eigenvalue weighted by Gasteiger charge is 2.47. The standard InChI is InChI=1S/C13H23NO4/c1-13(2,3)18-12(16)14-9(4-6-15)8-11-10(14)5-7-17-11/h9-11,15H,4-8H2,1-3H3/t9-,10+,11+/m1/s1. The van der Waals surface area contributed by atoms with Crippen LogP contribution in [-0.4, -0.2) is 53.1 Å². The first-order chi connectivity index (χ1) is 8.42. The summed E-state index contributed by atoms with van der Waals surface area (Å²) in [5.74, 6) is 0. The van der Waals surface area contributed by atoms with E-state index in [1.807, 2.05) is 20.8 Å². The molecular formula is C13H23NO4. The number of hydrogen-bond acceptors (Lipinski definition) is 4. The van der Waals surface area contributed by atoms with Gasteiger partial charge in [0.2, 0.25) is 0 Å². The lowest BCUT2D eigenvalue weighted by molar-refractivity contribution is 0.0120. The number of nitrogens with zero attached hydrogens (tertiary/aromatic N) is 1. The van der Waals surface area contributed by atoms with Crippen LogP contribution in [-0.2, 0) is 9.47 Å². The molecule has 5 heteroatoms. The van der Waals surface area contributed by atoms with Gasteiger partial charge in [0, 0.05) is 19.3 Å². The Hall–Kier alpha value is -0.810. The summed E-state index contributed by atoms with van der Waals surface area (Å²) in [5, 5.41) is 9.10. The van der Waals surface area contributed by atoms with Crippen molar-refractivity contribution in [1.82, 2.24) is 4.90 Å². The quantitative estimate of drug-likeness (QED) is 0.815. The minimum Gasteiger partial charge on any atom is -0.444 e. The lowest BCUT2D eigenvalue weighted by Crippen LogP contribution is -2.45. The van der Waals surface area contributed by atoms with Gasteiger partial charge in [-0.15, -0.1) is 0 Å². The van der Waals surface area contributed by atoms with Gasteiger partial charge in [0.05, 0.1) is 12.1 Å². The molecule has 0 aromatic carbocycles. The number of carbonyl (C=O) groups is 1. The van der Waals surface area contributed by atoms with E-state index in [0.29, 0.717) is 13.0 Å². The number of aliphatic hydroxyl groups excluding tert-OH is 1. The van der Waals surface area contributed by atoms with E-state index in [1.54, 1.807) is 4.90 Å². The predicted octanol–water partition coefficient (Wildman–Crippen LogP) is 1.54. The smallest absolute Gasteiger partial charge is 0.410 e. The van der Waals surface area contributed by atoms with Crippen molar-refractivity contribution in [3.8, 4) is 0 Å². The highest BCUT2D eigenvalue weighted by molar-refractivity contribution is 5.69. The van der Waals surface area contributed by atoms with Crippen LogP contribution >= 0.6 is 0 Å². The second-order valence-corrected chi connectivity index (χ2v) is 6.05. The molecule has 2 saturated heterocycles. The number of rotatable bonds is 2. The number of aliphatic hydroxyl groups is 1. The molecule has 2 heterocycles. The molecule has 5 nitrogen and oxygen atoms in total. The Bertz CT molecular complexity index is 313. The van der Waals surface area contributed by atoms with E-state index in [9.17, 15) is 4.79 Å². The van der Waals surface area contributed by atoms with E-state index in [1.165, 1.54) is 0 Å². The topological polar surface area (TPSA) is 59.0 Å². The van der Waals surface area contributed by atoms with Gasteiger partial charge < -0.3 is 14.6 Å². The number of hydrogen-bond donors (Lipinski definition) is 1. The molecule has 1 N–H and O–H groups in total. The molecule has 104 valence electrons. The minimum atomic E-state index is -0.488. The van der Waals surface area contributed by atoms with Crippen LogP contribution in [0.15, 0.2) is 0 Å². The molecule has 2 aliphatic rings. The molecule has 0 saturated carbocycles. The molecule has 18 heavy (non-hydrogen) atoms. The maximum atomic E-state index is 12.3. The Kier molecular flexibility index (Phi) is 3.82. The van der Waals surface area contributed by atoms with Gasteiger partial charge in [-0.05, 0) is 40.0 Å². The molecule has 3 atom stereocenters. The van der Waals surface area contributed by atoms with Crippen LogP contribution < -0.4 is 0 Å². The average Bonchev–Trinajstić information content (AvgIpc) is 2.74. The third kappa shape index (κ3) is 2.78. The fourth-order valence-electron chi connectivity index (χ4n) is 2.84. The summed E-state index contributed by atoms with van der Waals surface area (Å²) in [6, 6.07) is 0.163. The fourth-order valence-corrected chi connectivity index (χ4v) is 2.84. The van der Waals surface area contributed by atoms with Crippen molar-refractivity contribution in [3.63, 3.8) is 0 Å². The van der Waals surface area contributed by atoms with Crippen LogP contribution in [0.1, 0.15) is 40.0 Å². The summed E-state index contributed by atoms with van der Waals surface area (Å²) < 4.78 is 11.1. The fraction of sp³-hybridized carbons (Fsp3) is 0.923. The van der Waals surface area contributed by atoms with Crippen LogP contribution in [0.3, 0.4) is 0 Å². The summed E-state index contributed by atoms with van der Waals surface area (Å²) in [7, 11) is 0. The van der Waals surface area contributed by atoms with Gasteiger partial charge in [0.15, 0.2) is 0 Å². The number of carbonyl (C=O) groups excluding carboxylic acids is 1. The molecule has 2 aliphatic heterocycles. The van der Waals surface area contributed by atoms with E-state index in [4.69, 9.17) is 14.6 Å². The van der Waals surface area contributed by atoms with Gasteiger partial charge in [0.1, 0.15) is 5.60 Å². The van der Waals surface area contributed by atoms with Crippen molar-refractivity contribution < 1.29 is 19.4 Å². The lowest BCUT2D eigenvalue weighted by Gasteiger charge is -2.31. The molecule has 2 fully saturated rings.